The number of sulfonamides is 1. The highest BCUT2D eigenvalue weighted by Crippen LogP contribution is 2.32. The Hall–Kier alpha value is -4.62. The van der Waals surface area contributed by atoms with Gasteiger partial charge in [-0.25, -0.2) is 22.5 Å². The van der Waals surface area contributed by atoms with Crippen molar-refractivity contribution in [2.24, 2.45) is 5.41 Å². The van der Waals surface area contributed by atoms with E-state index in [1.807, 2.05) is 52.8 Å². The number of aromatic nitrogens is 3. The van der Waals surface area contributed by atoms with Gasteiger partial charge in [-0.1, -0.05) is 45.0 Å². The minimum atomic E-state index is -4.24. The summed E-state index contributed by atoms with van der Waals surface area (Å²) in [5.41, 5.74) is 3.02. The van der Waals surface area contributed by atoms with Crippen LogP contribution in [0.15, 0.2) is 65.7 Å². The zero-order chi connectivity index (χ0) is 35.6. The van der Waals surface area contributed by atoms with Crippen molar-refractivity contribution in [2.45, 2.75) is 77.5 Å². The number of ether oxygens (including phenoxy) is 3. The SMILES string of the molecule is Cc1cccc(C)c1-c1cc2nc(n1)NS(=O)(=O)c1cccc(c1)C(=O)N(Cc1ncc(OC3CCOCC3)cc1F)[C@H](CC(C)(C)C)CO2. The van der Waals surface area contributed by atoms with Crippen LogP contribution in [0.1, 0.15) is 67.2 Å². The number of hydrogen-bond donors (Lipinski definition) is 1. The molecular formula is C37H42FN5O6S. The van der Waals surface area contributed by atoms with Crippen LogP contribution in [0.4, 0.5) is 10.3 Å². The van der Waals surface area contributed by atoms with Crippen LogP contribution in [0.3, 0.4) is 0 Å². The molecule has 2 aromatic carbocycles. The summed E-state index contributed by atoms with van der Waals surface area (Å²) in [4.78, 5) is 29.1. The summed E-state index contributed by atoms with van der Waals surface area (Å²) < 4.78 is 63.2. The summed E-state index contributed by atoms with van der Waals surface area (Å²) in [7, 11) is -4.24. The Labute approximate surface area is 292 Å². The number of hydrogen-bond acceptors (Lipinski definition) is 9. The van der Waals surface area contributed by atoms with E-state index >= 15 is 4.39 Å². The van der Waals surface area contributed by atoms with E-state index in [0.29, 0.717) is 43.9 Å². The largest absolute Gasteiger partial charge is 0.489 e. The minimum Gasteiger partial charge on any atom is -0.489 e. The predicted molar refractivity (Wildman–Crippen MR) is 186 cm³/mol. The minimum absolute atomic E-state index is 0.0232. The number of nitrogens with zero attached hydrogens (tertiary/aromatic N) is 4. The second-order valence-electron chi connectivity index (χ2n) is 14.0. The Balaban J connectivity index is 1.42. The zero-order valence-electron chi connectivity index (χ0n) is 28.9. The molecule has 0 aliphatic carbocycles. The molecular weight excluding hydrogens is 662 g/mol. The van der Waals surface area contributed by atoms with Gasteiger partial charge in [0, 0.05) is 36.1 Å². The average Bonchev–Trinajstić information content (AvgIpc) is 3.06. The molecule has 0 spiro atoms. The number of anilines is 1. The highest BCUT2D eigenvalue weighted by molar-refractivity contribution is 7.92. The second-order valence-corrected chi connectivity index (χ2v) is 15.7. The molecule has 0 unspecified atom stereocenters. The molecule has 1 amide bonds. The van der Waals surface area contributed by atoms with Gasteiger partial charge < -0.3 is 19.1 Å². The monoisotopic (exact) mass is 703 g/mol. The van der Waals surface area contributed by atoms with E-state index in [4.69, 9.17) is 14.2 Å². The van der Waals surface area contributed by atoms with Crippen LogP contribution in [0.5, 0.6) is 11.6 Å². The Morgan fingerprint density at radius 1 is 1.02 bits per heavy atom. The molecule has 0 saturated carbocycles. The number of pyridine rings is 1. The van der Waals surface area contributed by atoms with Crippen molar-refractivity contribution in [3.63, 3.8) is 0 Å². The summed E-state index contributed by atoms with van der Waals surface area (Å²) in [5.74, 6) is -0.883. The molecule has 1 atom stereocenters. The standard InChI is InChI=1S/C37H42FN5O6S/c1-23-8-6-9-24(2)34(23)31-18-33-41-36(40-31)42-50(45,46)29-11-7-10-25(16-29)35(44)43(26(22-48-33)19-37(3,4)5)21-32-30(38)17-28(20-39-32)49-27-12-14-47-15-13-27/h6-11,16-18,20,26-27H,12-15,19,21-22H2,1-5H3,(H,40,41,42)/t26-/m1/s1. The molecule has 6 rings (SSSR count). The van der Waals surface area contributed by atoms with Gasteiger partial charge in [-0.2, -0.15) is 4.98 Å². The number of nitrogens with one attached hydrogen (secondary N) is 1. The van der Waals surface area contributed by atoms with E-state index in [1.54, 1.807) is 6.07 Å². The van der Waals surface area contributed by atoms with E-state index < -0.39 is 27.8 Å². The molecule has 4 heterocycles. The summed E-state index contributed by atoms with van der Waals surface area (Å²) in [6.07, 6.45) is 3.23. The molecule has 11 nitrogen and oxygen atoms in total. The van der Waals surface area contributed by atoms with Crippen molar-refractivity contribution < 1.29 is 31.8 Å². The summed E-state index contributed by atoms with van der Waals surface area (Å²) >= 11 is 0. The third kappa shape index (κ3) is 8.22. The lowest BCUT2D eigenvalue weighted by atomic mass is 9.87. The maximum Gasteiger partial charge on any atom is 0.264 e. The van der Waals surface area contributed by atoms with E-state index in [-0.39, 0.29) is 52.7 Å². The number of rotatable bonds is 6. The van der Waals surface area contributed by atoms with Crippen molar-refractivity contribution in [1.82, 2.24) is 19.9 Å². The molecule has 50 heavy (non-hydrogen) atoms. The summed E-state index contributed by atoms with van der Waals surface area (Å²) in [6.45, 7) is 10.9. The number of aryl methyl sites for hydroxylation is 2. The molecule has 1 N–H and O–H groups in total. The van der Waals surface area contributed by atoms with Crippen LogP contribution < -0.4 is 14.2 Å². The van der Waals surface area contributed by atoms with Crippen LogP contribution in [0.2, 0.25) is 0 Å². The smallest absolute Gasteiger partial charge is 0.264 e. The predicted octanol–water partition coefficient (Wildman–Crippen LogP) is 6.49. The van der Waals surface area contributed by atoms with Gasteiger partial charge >= 0.3 is 0 Å². The second kappa shape index (κ2) is 14.3. The molecule has 4 bridgehead atoms. The quantitative estimate of drug-likeness (QED) is 0.239. The number of carbonyl (C=O) groups excluding carboxylic acids is 1. The molecule has 264 valence electrons. The molecule has 2 aromatic heterocycles. The van der Waals surface area contributed by atoms with Gasteiger partial charge in [0.25, 0.3) is 15.9 Å². The number of halogens is 1. The number of fused-ring (bicyclic) bond motifs is 4. The maximum absolute atomic E-state index is 15.7. The zero-order valence-corrected chi connectivity index (χ0v) is 29.7. The van der Waals surface area contributed by atoms with Crippen molar-refractivity contribution in [3.05, 3.63) is 89.0 Å². The molecule has 1 fully saturated rings. The topological polar surface area (TPSA) is 133 Å². The lowest BCUT2D eigenvalue weighted by molar-refractivity contribution is 0.0252. The van der Waals surface area contributed by atoms with Gasteiger partial charge in [0.1, 0.15) is 24.3 Å². The van der Waals surface area contributed by atoms with Crippen LogP contribution in [0.25, 0.3) is 11.3 Å². The van der Waals surface area contributed by atoms with Gasteiger partial charge in [0.05, 0.1) is 48.3 Å². The fourth-order valence-electron chi connectivity index (χ4n) is 6.32. The van der Waals surface area contributed by atoms with E-state index in [0.717, 1.165) is 16.7 Å². The number of benzene rings is 2. The van der Waals surface area contributed by atoms with Gasteiger partial charge in [0.2, 0.25) is 11.8 Å². The molecule has 4 aromatic rings. The third-order valence-electron chi connectivity index (χ3n) is 8.71. The molecule has 2 aliphatic heterocycles. The first-order chi connectivity index (χ1) is 23.8. The Kier molecular flexibility index (Phi) is 10.1. The molecule has 13 heteroatoms. The Morgan fingerprint density at radius 2 is 1.74 bits per heavy atom. The van der Waals surface area contributed by atoms with Crippen LogP contribution in [-0.2, 0) is 21.3 Å². The van der Waals surface area contributed by atoms with Crippen LogP contribution >= 0.6 is 0 Å². The van der Waals surface area contributed by atoms with Crippen molar-refractivity contribution in [1.29, 1.82) is 0 Å². The normalized spacial score (nSPS) is 18.2. The van der Waals surface area contributed by atoms with Crippen LogP contribution in [0, 0.1) is 25.1 Å². The molecule has 1 saturated heterocycles. The third-order valence-corrected chi connectivity index (χ3v) is 10.0. The van der Waals surface area contributed by atoms with E-state index in [1.165, 1.54) is 41.4 Å². The average molecular weight is 704 g/mol. The first-order valence-electron chi connectivity index (χ1n) is 16.7. The fraction of sp³-hybridized carbons (Fsp3) is 0.405. The van der Waals surface area contributed by atoms with Gasteiger partial charge in [-0.15, -0.1) is 0 Å². The van der Waals surface area contributed by atoms with Gasteiger partial charge in [-0.05, 0) is 55.0 Å². The number of carbonyl (C=O) groups is 1. The van der Waals surface area contributed by atoms with Crippen molar-refractivity contribution in [2.75, 3.05) is 24.5 Å². The van der Waals surface area contributed by atoms with E-state index in [9.17, 15) is 13.2 Å². The summed E-state index contributed by atoms with van der Waals surface area (Å²) in [5, 5.41) is 0. The van der Waals surface area contributed by atoms with Crippen molar-refractivity contribution in [3.8, 4) is 22.9 Å². The summed E-state index contributed by atoms with van der Waals surface area (Å²) in [6, 6.07) is 13.9. The Morgan fingerprint density at radius 3 is 2.44 bits per heavy atom. The molecule has 2 aliphatic rings. The lowest BCUT2D eigenvalue weighted by Gasteiger charge is -2.35. The maximum atomic E-state index is 15.7. The lowest BCUT2D eigenvalue weighted by Crippen LogP contribution is -2.45. The van der Waals surface area contributed by atoms with Crippen LogP contribution in [-0.4, -0.2) is 66.1 Å². The fourth-order valence-corrected chi connectivity index (χ4v) is 7.31. The van der Waals surface area contributed by atoms with E-state index in [2.05, 4.69) is 19.7 Å². The molecule has 0 radical (unpaired) electrons. The van der Waals surface area contributed by atoms with Gasteiger partial charge in [0.15, 0.2) is 0 Å². The van der Waals surface area contributed by atoms with Crippen molar-refractivity contribution >= 4 is 21.9 Å². The highest BCUT2D eigenvalue weighted by atomic mass is 32.2. The van der Waals surface area contributed by atoms with Gasteiger partial charge in [-0.3, -0.25) is 9.78 Å². The Bertz CT molecular complexity index is 1970. The first kappa shape index (κ1) is 35.2. The highest BCUT2D eigenvalue weighted by Gasteiger charge is 2.32. The first-order valence-corrected chi connectivity index (χ1v) is 18.2. The number of amides is 1.